The van der Waals surface area contributed by atoms with Gasteiger partial charge in [0.05, 0.1) is 53.7 Å². The molecule has 484 valence electrons. The Morgan fingerprint density at radius 2 is 1.29 bits per heavy atom. The van der Waals surface area contributed by atoms with Crippen LogP contribution in [0.1, 0.15) is 99.9 Å². The van der Waals surface area contributed by atoms with Crippen LogP contribution in [0.2, 0.25) is 0 Å². The van der Waals surface area contributed by atoms with E-state index < -0.39 is 75.5 Å². The molecule has 0 bridgehead atoms. The SMILES string of the molecule is CCOc1nc(OCCOC(=O)OC(C)(C)C)c2cc(N3C(=S)N(c4cnc(C#N)c(C(F)(F)F)c4)C(=O)C3(C)C)cc(F)c2n1.CCOc1nc(OCCOC(=O)OC(C)(C)C)c2cc(NC(C)(C)C(=O)OC)cc(F)c2n1.[C-]#[N+]c1ncc(N=C=S)cc1C. The normalized spacial score (nSPS) is 12.8. The van der Waals surface area contributed by atoms with Crippen molar-refractivity contribution in [3.8, 4) is 29.9 Å². The molecule has 0 unspecified atom stereocenters. The summed E-state index contributed by atoms with van der Waals surface area (Å²) in [5.74, 6) is -2.55. The summed E-state index contributed by atoms with van der Waals surface area (Å²) in [6.07, 6.45) is -4.28. The van der Waals surface area contributed by atoms with Crippen molar-refractivity contribution in [2.24, 2.45) is 4.99 Å². The number of anilines is 3. The van der Waals surface area contributed by atoms with Crippen LogP contribution in [0, 0.1) is 36.5 Å². The van der Waals surface area contributed by atoms with E-state index in [2.05, 4.69) is 62.4 Å². The lowest BCUT2D eigenvalue weighted by atomic mass is 10.0. The van der Waals surface area contributed by atoms with E-state index in [0.29, 0.717) is 17.6 Å². The lowest BCUT2D eigenvalue weighted by Crippen LogP contribution is -2.44. The number of rotatable bonds is 18. The predicted molar refractivity (Wildman–Crippen MR) is 327 cm³/mol. The highest BCUT2D eigenvalue weighted by Gasteiger charge is 2.51. The lowest BCUT2D eigenvalue weighted by Gasteiger charge is -2.29. The Labute approximate surface area is 530 Å². The third-order valence-corrected chi connectivity index (χ3v) is 12.2. The van der Waals surface area contributed by atoms with Gasteiger partial charge in [-0.3, -0.25) is 9.69 Å². The van der Waals surface area contributed by atoms with Crippen molar-refractivity contribution in [1.29, 1.82) is 5.26 Å². The van der Waals surface area contributed by atoms with Gasteiger partial charge in [-0.2, -0.15) is 43.4 Å². The van der Waals surface area contributed by atoms with Gasteiger partial charge in [-0.1, -0.05) is 6.57 Å². The number of nitriles is 1. The first-order chi connectivity index (χ1) is 42.5. The van der Waals surface area contributed by atoms with Gasteiger partial charge in [0.2, 0.25) is 11.8 Å². The van der Waals surface area contributed by atoms with Gasteiger partial charge in [-0.05, 0) is 156 Å². The number of aromatic nitrogens is 6. The van der Waals surface area contributed by atoms with Crippen LogP contribution < -0.4 is 34.1 Å². The number of carbonyl (C=O) groups excluding carboxylic acids is 4. The number of ether oxygens (including phenoxy) is 9. The van der Waals surface area contributed by atoms with Gasteiger partial charge in [0.25, 0.3) is 11.7 Å². The number of aliphatic imine (C=N–C) groups is 1. The third kappa shape index (κ3) is 19.1. The minimum Gasteiger partial charge on any atom is -0.473 e. The van der Waals surface area contributed by atoms with E-state index >= 15 is 4.39 Å². The Morgan fingerprint density at radius 1 is 0.758 bits per heavy atom. The van der Waals surface area contributed by atoms with Crippen molar-refractivity contribution in [3.05, 3.63) is 88.7 Å². The number of fused-ring (bicyclic) bond motifs is 2. The second kappa shape index (κ2) is 30.2. The van der Waals surface area contributed by atoms with E-state index in [0.717, 1.165) is 22.7 Å². The molecular weight excluding hydrogens is 1240 g/mol. The van der Waals surface area contributed by atoms with Gasteiger partial charge in [-0.25, -0.2) is 28.1 Å². The fraction of sp³-hybridized carbons (Fsp3) is 0.424. The molecule has 0 spiro atoms. The Bertz CT molecular complexity index is 3860. The molecule has 1 fully saturated rings. The minimum absolute atomic E-state index is 0.0228. The number of carbonyl (C=O) groups is 4. The number of aryl methyl sites for hydroxylation is 1. The molecule has 0 aliphatic carbocycles. The van der Waals surface area contributed by atoms with Crippen molar-refractivity contribution in [3.63, 3.8) is 0 Å². The summed E-state index contributed by atoms with van der Waals surface area (Å²) in [5.41, 5.74) is -5.17. The average molecular weight is 1310 g/mol. The van der Waals surface area contributed by atoms with Gasteiger partial charge in [0.1, 0.15) is 77.7 Å². The third-order valence-electron chi connectivity index (χ3n) is 11.7. The van der Waals surface area contributed by atoms with Crippen molar-refractivity contribution in [2.75, 3.05) is 61.9 Å². The van der Waals surface area contributed by atoms with Crippen molar-refractivity contribution < 1.29 is 83.8 Å². The highest BCUT2D eigenvalue weighted by molar-refractivity contribution is 7.81. The number of methoxy groups -OCH3 is 1. The molecule has 0 radical (unpaired) electrons. The molecule has 1 saturated heterocycles. The van der Waals surface area contributed by atoms with E-state index in [4.69, 9.17) is 66.7 Å². The zero-order valence-electron chi connectivity index (χ0n) is 51.8. The molecule has 1 aliphatic heterocycles. The number of isothiocyanates is 1. The summed E-state index contributed by atoms with van der Waals surface area (Å²) in [6.45, 7) is 28.0. The monoisotopic (exact) mass is 1310 g/mol. The molecule has 6 aromatic rings. The van der Waals surface area contributed by atoms with Crippen molar-refractivity contribution in [2.45, 2.75) is 118 Å². The minimum atomic E-state index is -4.94. The molecule has 4 aromatic heterocycles. The number of pyridine rings is 2. The molecule has 1 amide bonds. The Morgan fingerprint density at radius 3 is 1.75 bits per heavy atom. The smallest absolute Gasteiger partial charge is 0.473 e. The molecule has 5 heterocycles. The summed E-state index contributed by atoms with van der Waals surface area (Å²) in [5, 5.41) is 14.3. The zero-order valence-corrected chi connectivity index (χ0v) is 53.4. The van der Waals surface area contributed by atoms with Gasteiger partial charge < -0.3 is 57.7 Å². The number of thiocarbonyl (C=S) groups is 2. The number of benzene rings is 2. The first kappa shape index (κ1) is 72.0. The Hall–Kier alpha value is -9.78. The van der Waals surface area contributed by atoms with Crippen LogP contribution in [0.5, 0.6) is 23.8 Å². The molecular formula is C59H63F5N12O13S2. The fourth-order valence-corrected chi connectivity index (χ4v) is 8.58. The molecule has 0 saturated carbocycles. The van der Waals surface area contributed by atoms with Gasteiger partial charge in [-0.15, -0.1) is 4.98 Å². The maximum atomic E-state index is 15.7. The van der Waals surface area contributed by atoms with E-state index in [1.807, 2.05) is 6.92 Å². The average Bonchev–Trinajstić information content (AvgIpc) is 1.62. The van der Waals surface area contributed by atoms with E-state index in [-0.39, 0.29) is 107 Å². The second-order valence-electron chi connectivity index (χ2n) is 21.9. The molecule has 25 nitrogen and oxygen atoms in total. The fourth-order valence-electron chi connectivity index (χ4n) is 7.95. The number of amides is 1. The van der Waals surface area contributed by atoms with Crippen LogP contribution in [-0.4, -0.2) is 133 Å². The molecule has 1 N–H and O–H groups in total. The van der Waals surface area contributed by atoms with Gasteiger partial charge in [0, 0.05) is 11.4 Å². The molecule has 0 atom stereocenters. The van der Waals surface area contributed by atoms with Crippen LogP contribution in [0.25, 0.3) is 26.7 Å². The second-order valence-corrected chi connectivity index (χ2v) is 22.4. The number of alkyl halides is 3. The van der Waals surface area contributed by atoms with Crippen LogP contribution in [0.4, 0.5) is 60.1 Å². The van der Waals surface area contributed by atoms with Crippen LogP contribution in [0.15, 0.2) is 53.8 Å². The largest absolute Gasteiger partial charge is 0.508 e. The highest BCUT2D eigenvalue weighted by atomic mass is 32.1. The Balaban J connectivity index is 0.000000289. The predicted octanol–water partition coefficient (Wildman–Crippen LogP) is 12.2. The number of nitrogens with one attached hydrogen (secondary N) is 1. The number of hydrogen-bond donors (Lipinski definition) is 1. The van der Waals surface area contributed by atoms with Crippen molar-refractivity contribution in [1.82, 2.24) is 29.9 Å². The van der Waals surface area contributed by atoms with E-state index in [1.54, 1.807) is 81.4 Å². The Kier molecular flexibility index (Phi) is 23.8. The van der Waals surface area contributed by atoms with E-state index in [1.165, 1.54) is 50.3 Å². The number of esters is 1. The van der Waals surface area contributed by atoms with Crippen LogP contribution in [0.3, 0.4) is 0 Å². The van der Waals surface area contributed by atoms with Gasteiger partial charge >= 0.3 is 36.5 Å². The number of nitrogens with zero attached hydrogens (tertiary/aromatic N) is 11. The standard InChI is InChI=1S/C29H28F4N6O6S.C22H30FN3O7.C8H5N3S/c1-7-42-24-36-21-17(22(37-24)43-8-9-44-26(41)45-27(2,3)4)10-15(12-19(21)30)39-25(46)38(23(40)28(39,5)6)16-11-18(29(31,32)33)20(13-34)35-14-16;1-8-30-19-24-16-14(11-13(12-15(16)23)26-22(5,6)18(27)29-7)17(25-19)31-9-10-32-20(28)33-21(2,3)4;1-6-3-7(11-5-12)4-10-8(6)9-2/h10-12,14H,7-9H2,1-6H3;11-12,26H,8-10H2,1-7H3;3-4H,1H3. The summed E-state index contributed by atoms with van der Waals surface area (Å²) >= 11 is 9.98. The number of hydrogen-bond acceptors (Lipinski definition) is 24. The quantitative estimate of drug-likeness (QED) is 0.0159. The van der Waals surface area contributed by atoms with Crippen molar-refractivity contribution >= 4 is 109 Å². The lowest BCUT2D eigenvalue weighted by molar-refractivity contribution is -0.144. The maximum absolute atomic E-state index is 15.7. The maximum Gasteiger partial charge on any atom is 0.508 e. The molecule has 32 heteroatoms. The molecule has 2 aromatic carbocycles. The highest BCUT2D eigenvalue weighted by Crippen LogP contribution is 2.42. The zero-order chi connectivity index (χ0) is 68.0. The van der Waals surface area contributed by atoms with E-state index in [9.17, 15) is 36.7 Å². The molecule has 7 rings (SSSR count). The summed E-state index contributed by atoms with van der Waals surface area (Å²) < 4.78 is 119. The van der Waals surface area contributed by atoms with Crippen LogP contribution in [-0.2, 0) is 39.4 Å². The number of halogens is 5. The topological polar surface area (TPSA) is 288 Å². The first-order valence-corrected chi connectivity index (χ1v) is 28.0. The molecule has 91 heavy (non-hydrogen) atoms. The van der Waals surface area contributed by atoms with Gasteiger partial charge in [0.15, 0.2) is 22.4 Å². The molecule has 1 aliphatic rings. The van der Waals surface area contributed by atoms with Crippen LogP contribution >= 0.6 is 24.4 Å². The summed E-state index contributed by atoms with van der Waals surface area (Å²) in [4.78, 5) is 82.3. The first-order valence-electron chi connectivity index (χ1n) is 27.2. The summed E-state index contributed by atoms with van der Waals surface area (Å²) in [6, 6.07) is 8.65. The summed E-state index contributed by atoms with van der Waals surface area (Å²) in [7, 11) is 1.27.